The minimum absolute atomic E-state index is 0.428. The van der Waals surface area contributed by atoms with E-state index in [9.17, 15) is 0 Å². The third-order valence-corrected chi connectivity index (χ3v) is 3.36. The minimum atomic E-state index is 0.428. The number of aromatic nitrogens is 3. The zero-order valence-corrected chi connectivity index (χ0v) is 9.89. The van der Waals surface area contributed by atoms with E-state index in [2.05, 4.69) is 15.5 Å². The highest BCUT2D eigenvalue weighted by Crippen LogP contribution is 2.16. The predicted molar refractivity (Wildman–Crippen MR) is 62.9 cm³/mol. The fourth-order valence-electron chi connectivity index (χ4n) is 2.24. The van der Waals surface area contributed by atoms with Gasteiger partial charge in [-0.15, -0.1) is 10.2 Å². The van der Waals surface area contributed by atoms with Crippen LogP contribution in [0.5, 0.6) is 0 Å². The van der Waals surface area contributed by atoms with Crippen molar-refractivity contribution in [1.29, 1.82) is 0 Å². The lowest BCUT2D eigenvalue weighted by molar-refractivity contribution is 0.343. The molecule has 0 saturated heterocycles. The number of nitrogens with two attached hydrogens (primary N) is 1. The van der Waals surface area contributed by atoms with Gasteiger partial charge in [-0.3, -0.25) is 0 Å². The Morgan fingerprint density at radius 2 is 2.19 bits per heavy atom. The van der Waals surface area contributed by atoms with Crippen molar-refractivity contribution in [3.8, 4) is 0 Å². The SMILES string of the molecule is Cn1cnnc1CCNC1CCC(N)CC1. The first kappa shape index (κ1) is 11.5. The van der Waals surface area contributed by atoms with Gasteiger partial charge in [0.1, 0.15) is 12.2 Å². The summed E-state index contributed by atoms with van der Waals surface area (Å²) in [6.45, 7) is 0.979. The molecule has 0 aliphatic heterocycles. The highest BCUT2D eigenvalue weighted by atomic mass is 15.2. The molecule has 1 fully saturated rings. The molecule has 1 heterocycles. The molecule has 0 bridgehead atoms. The Bertz CT molecular complexity index is 314. The maximum Gasteiger partial charge on any atom is 0.133 e. The summed E-state index contributed by atoms with van der Waals surface area (Å²) in [6, 6.07) is 1.07. The zero-order valence-electron chi connectivity index (χ0n) is 9.89. The highest BCUT2D eigenvalue weighted by molar-refractivity contribution is 4.86. The molecule has 0 aromatic carbocycles. The molecule has 3 N–H and O–H groups in total. The van der Waals surface area contributed by atoms with E-state index in [4.69, 9.17) is 5.73 Å². The Hall–Kier alpha value is -0.940. The van der Waals surface area contributed by atoms with Crippen molar-refractivity contribution in [1.82, 2.24) is 20.1 Å². The van der Waals surface area contributed by atoms with Gasteiger partial charge in [-0.05, 0) is 25.7 Å². The van der Waals surface area contributed by atoms with Crippen LogP contribution in [-0.2, 0) is 13.5 Å². The fourth-order valence-corrected chi connectivity index (χ4v) is 2.24. The van der Waals surface area contributed by atoms with Crippen molar-refractivity contribution < 1.29 is 0 Å². The van der Waals surface area contributed by atoms with Crippen molar-refractivity contribution in [3.05, 3.63) is 12.2 Å². The molecule has 1 aromatic heterocycles. The lowest BCUT2D eigenvalue weighted by Gasteiger charge is -2.26. The zero-order chi connectivity index (χ0) is 11.4. The van der Waals surface area contributed by atoms with Gasteiger partial charge in [0.2, 0.25) is 0 Å². The Balaban J connectivity index is 1.67. The summed E-state index contributed by atoms with van der Waals surface area (Å²) >= 11 is 0. The summed E-state index contributed by atoms with van der Waals surface area (Å²) in [7, 11) is 1.98. The Morgan fingerprint density at radius 3 is 2.81 bits per heavy atom. The van der Waals surface area contributed by atoms with Gasteiger partial charge in [0.15, 0.2) is 0 Å². The molecule has 0 unspecified atom stereocenters. The van der Waals surface area contributed by atoms with Gasteiger partial charge in [0.05, 0.1) is 0 Å². The minimum Gasteiger partial charge on any atom is -0.328 e. The van der Waals surface area contributed by atoms with Crippen molar-refractivity contribution in [2.24, 2.45) is 12.8 Å². The topological polar surface area (TPSA) is 68.8 Å². The van der Waals surface area contributed by atoms with E-state index >= 15 is 0 Å². The number of hydrogen-bond acceptors (Lipinski definition) is 4. The van der Waals surface area contributed by atoms with Crippen LogP contribution < -0.4 is 11.1 Å². The van der Waals surface area contributed by atoms with Crippen LogP contribution in [0.4, 0.5) is 0 Å². The maximum atomic E-state index is 5.87. The summed E-state index contributed by atoms with van der Waals surface area (Å²) in [5.41, 5.74) is 5.87. The molecule has 90 valence electrons. The van der Waals surface area contributed by atoms with Crippen LogP contribution >= 0.6 is 0 Å². The smallest absolute Gasteiger partial charge is 0.133 e. The number of hydrogen-bond donors (Lipinski definition) is 2. The normalized spacial score (nSPS) is 25.9. The van der Waals surface area contributed by atoms with E-state index in [1.54, 1.807) is 6.33 Å². The number of rotatable bonds is 4. The third-order valence-electron chi connectivity index (χ3n) is 3.36. The van der Waals surface area contributed by atoms with Gasteiger partial charge < -0.3 is 15.6 Å². The lowest BCUT2D eigenvalue weighted by atomic mass is 9.92. The van der Waals surface area contributed by atoms with Crippen molar-refractivity contribution in [2.75, 3.05) is 6.54 Å². The number of aryl methyl sites for hydroxylation is 1. The molecule has 1 aliphatic rings. The summed E-state index contributed by atoms with van der Waals surface area (Å²) in [4.78, 5) is 0. The lowest BCUT2D eigenvalue weighted by Crippen LogP contribution is -2.38. The summed E-state index contributed by atoms with van der Waals surface area (Å²) in [6.07, 6.45) is 7.41. The molecule has 0 atom stereocenters. The van der Waals surface area contributed by atoms with Gasteiger partial charge in [0, 0.05) is 32.1 Å². The van der Waals surface area contributed by atoms with Gasteiger partial charge in [-0.1, -0.05) is 0 Å². The van der Waals surface area contributed by atoms with Crippen LogP contribution in [0.15, 0.2) is 6.33 Å². The van der Waals surface area contributed by atoms with Crippen molar-refractivity contribution in [3.63, 3.8) is 0 Å². The van der Waals surface area contributed by atoms with Crippen molar-refractivity contribution >= 4 is 0 Å². The second-order valence-corrected chi connectivity index (χ2v) is 4.67. The van der Waals surface area contributed by atoms with E-state index in [1.807, 2.05) is 11.6 Å². The average Bonchev–Trinajstić information content (AvgIpc) is 2.68. The van der Waals surface area contributed by atoms with Crippen LogP contribution in [0.3, 0.4) is 0 Å². The largest absolute Gasteiger partial charge is 0.328 e. The first-order chi connectivity index (χ1) is 7.75. The van der Waals surface area contributed by atoms with E-state index in [-0.39, 0.29) is 0 Å². The molecule has 1 saturated carbocycles. The molecule has 0 spiro atoms. The van der Waals surface area contributed by atoms with Crippen LogP contribution in [0.2, 0.25) is 0 Å². The molecular weight excluding hydrogens is 202 g/mol. The van der Waals surface area contributed by atoms with Crippen molar-refractivity contribution in [2.45, 2.75) is 44.2 Å². The molecule has 1 aliphatic carbocycles. The van der Waals surface area contributed by atoms with E-state index in [0.29, 0.717) is 12.1 Å². The molecular formula is C11H21N5. The highest BCUT2D eigenvalue weighted by Gasteiger charge is 2.17. The molecule has 2 rings (SSSR count). The van der Waals surface area contributed by atoms with E-state index in [0.717, 1.165) is 31.6 Å². The quantitative estimate of drug-likeness (QED) is 0.766. The predicted octanol–water partition coefficient (Wildman–Crippen LogP) is 0.217. The summed E-state index contributed by atoms with van der Waals surface area (Å²) < 4.78 is 1.97. The summed E-state index contributed by atoms with van der Waals surface area (Å²) in [5, 5.41) is 11.5. The molecule has 16 heavy (non-hydrogen) atoms. The van der Waals surface area contributed by atoms with Crippen LogP contribution in [0.25, 0.3) is 0 Å². The molecule has 0 radical (unpaired) electrons. The Labute approximate surface area is 96.4 Å². The summed E-state index contributed by atoms with van der Waals surface area (Å²) in [5.74, 6) is 1.04. The van der Waals surface area contributed by atoms with Crippen LogP contribution in [-0.4, -0.2) is 33.4 Å². The first-order valence-electron chi connectivity index (χ1n) is 6.07. The molecule has 1 aromatic rings. The van der Waals surface area contributed by atoms with Crippen LogP contribution in [0.1, 0.15) is 31.5 Å². The molecule has 5 nitrogen and oxygen atoms in total. The number of nitrogens with one attached hydrogen (secondary N) is 1. The van der Waals surface area contributed by atoms with Gasteiger partial charge in [-0.2, -0.15) is 0 Å². The number of nitrogens with zero attached hydrogens (tertiary/aromatic N) is 3. The van der Waals surface area contributed by atoms with Gasteiger partial charge >= 0.3 is 0 Å². The fraction of sp³-hybridized carbons (Fsp3) is 0.818. The maximum absolute atomic E-state index is 5.87. The standard InChI is InChI=1S/C11H21N5/c1-16-8-14-15-11(16)6-7-13-10-4-2-9(12)3-5-10/h8-10,13H,2-7,12H2,1H3. The van der Waals surface area contributed by atoms with Crippen LogP contribution in [0, 0.1) is 0 Å². The van der Waals surface area contributed by atoms with E-state index in [1.165, 1.54) is 12.8 Å². The Morgan fingerprint density at radius 1 is 1.44 bits per heavy atom. The third kappa shape index (κ3) is 3.02. The second-order valence-electron chi connectivity index (χ2n) is 4.67. The van der Waals surface area contributed by atoms with Gasteiger partial charge in [0.25, 0.3) is 0 Å². The molecule has 0 amide bonds. The second kappa shape index (κ2) is 5.41. The molecule has 5 heteroatoms. The first-order valence-corrected chi connectivity index (χ1v) is 6.07. The average molecular weight is 223 g/mol. The van der Waals surface area contributed by atoms with Gasteiger partial charge in [-0.25, -0.2) is 0 Å². The van der Waals surface area contributed by atoms with E-state index < -0.39 is 0 Å². The Kier molecular flexibility index (Phi) is 3.90. The monoisotopic (exact) mass is 223 g/mol.